The summed E-state index contributed by atoms with van der Waals surface area (Å²) in [6, 6.07) is 17.5. The van der Waals surface area contributed by atoms with Crippen LogP contribution in [0.2, 0.25) is 0 Å². The molecule has 0 aromatic heterocycles. The molecule has 0 bridgehead atoms. The number of carbonyl (C=O) groups excluding carboxylic acids is 1. The summed E-state index contributed by atoms with van der Waals surface area (Å²) >= 11 is 0. The third kappa shape index (κ3) is 3.34. The fourth-order valence-electron chi connectivity index (χ4n) is 5.14. The molecule has 142 valence electrons. The number of phenolic OH excluding ortho intramolecular Hbond substituents is 1. The Kier molecular flexibility index (Phi) is 4.92. The van der Waals surface area contributed by atoms with E-state index >= 15 is 0 Å². The topological polar surface area (TPSA) is 52.6 Å². The fraction of sp³-hybridized carbons (Fsp3) is 0.435. The highest BCUT2D eigenvalue weighted by Gasteiger charge is 2.47. The molecule has 4 nitrogen and oxygen atoms in total. The number of aromatic hydroxyl groups is 1. The number of hydrogen-bond acceptors (Lipinski definition) is 3. The lowest BCUT2D eigenvalue weighted by Crippen LogP contribution is -2.55. The minimum Gasteiger partial charge on any atom is -0.508 e. The van der Waals surface area contributed by atoms with E-state index in [-0.39, 0.29) is 17.4 Å². The first-order valence-electron chi connectivity index (χ1n) is 9.92. The molecule has 1 heterocycles. The minimum atomic E-state index is 0.0259. The van der Waals surface area contributed by atoms with E-state index < -0.39 is 0 Å². The fourth-order valence-corrected chi connectivity index (χ4v) is 5.14. The molecule has 4 rings (SSSR count). The van der Waals surface area contributed by atoms with Gasteiger partial charge in [-0.2, -0.15) is 0 Å². The number of nitrogens with zero attached hydrogens (tertiary/aromatic N) is 1. The van der Waals surface area contributed by atoms with Crippen molar-refractivity contribution in [3.05, 3.63) is 65.7 Å². The standard InChI is InChI=1S/C23H28N2O2/c1-25(22(27)17-6-3-2-4-7-17)20-11-10-19-16-24-13-12-23(19,15-20)18-8-5-9-21(26)14-18/h2-9,14,19-20,24,26H,10-13,15-16H2,1H3/t19?,20-,23?/m0/s1. The van der Waals surface area contributed by atoms with Crippen molar-refractivity contribution in [1.82, 2.24) is 10.2 Å². The van der Waals surface area contributed by atoms with Gasteiger partial charge in [0.15, 0.2) is 0 Å². The first-order valence-corrected chi connectivity index (χ1v) is 9.92. The van der Waals surface area contributed by atoms with Crippen LogP contribution in [0.5, 0.6) is 5.75 Å². The molecule has 1 aliphatic carbocycles. The average molecular weight is 364 g/mol. The number of benzene rings is 2. The van der Waals surface area contributed by atoms with E-state index in [1.54, 1.807) is 6.07 Å². The minimum absolute atomic E-state index is 0.0259. The molecule has 0 spiro atoms. The number of nitrogens with one attached hydrogen (secondary N) is 1. The molecule has 27 heavy (non-hydrogen) atoms. The predicted octanol–water partition coefficient (Wildman–Crippen LogP) is 3.56. The maximum absolute atomic E-state index is 13.0. The SMILES string of the molecule is CN(C(=O)c1ccccc1)[C@H]1CCC2CNCCC2(c2cccc(O)c2)C1. The number of fused-ring (bicyclic) bond motifs is 1. The van der Waals surface area contributed by atoms with E-state index in [1.807, 2.05) is 54.4 Å². The lowest BCUT2D eigenvalue weighted by atomic mass is 9.58. The quantitative estimate of drug-likeness (QED) is 0.875. The van der Waals surface area contributed by atoms with Gasteiger partial charge in [0.25, 0.3) is 5.91 Å². The van der Waals surface area contributed by atoms with Crippen LogP contribution in [0, 0.1) is 5.92 Å². The summed E-state index contributed by atoms with van der Waals surface area (Å²) in [5.74, 6) is 0.971. The van der Waals surface area contributed by atoms with Crippen LogP contribution in [0.25, 0.3) is 0 Å². The van der Waals surface area contributed by atoms with Crippen LogP contribution in [0.4, 0.5) is 0 Å². The molecule has 2 aliphatic rings. The van der Waals surface area contributed by atoms with Crippen molar-refractivity contribution in [3.63, 3.8) is 0 Å². The number of phenols is 1. The zero-order chi connectivity index (χ0) is 18.9. The lowest BCUT2D eigenvalue weighted by molar-refractivity contribution is 0.0479. The Hall–Kier alpha value is -2.33. The average Bonchev–Trinajstić information content (AvgIpc) is 2.73. The van der Waals surface area contributed by atoms with Gasteiger partial charge in [-0.15, -0.1) is 0 Å². The Balaban J connectivity index is 1.63. The smallest absolute Gasteiger partial charge is 0.253 e. The van der Waals surface area contributed by atoms with Gasteiger partial charge in [-0.1, -0.05) is 30.3 Å². The van der Waals surface area contributed by atoms with Gasteiger partial charge in [-0.05, 0) is 74.5 Å². The molecule has 3 atom stereocenters. The van der Waals surface area contributed by atoms with Crippen molar-refractivity contribution in [2.75, 3.05) is 20.1 Å². The Morgan fingerprint density at radius 3 is 2.74 bits per heavy atom. The number of rotatable bonds is 3. The van der Waals surface area contributed by atoms with Crippen LogP contribution < -0.4 is 5.32 Å². The van der Waals surface area contributed by atoms with Gasteiger partial charge in [-0.25, -0.2) is 0 Å². The van der Waals surface area contributed by atoms with Crippen molar-refractivity contribution < 1.29 is 9.90 Å². The van der Waals surface area contributed by atoms with Gasteiger partial charge < -0.3 is 15.3 Å². The largest absolute Gasteiger partial charge is 0.508 e. The molecule has 2 aromatic rings. The van der Waals surface area contributed by atoms with Gasteiger partial charge in [0, 0.05) is 24.1 Å². The zero-order valence-corrected chi connectivity index (χ0v) is 15.9. The number of amides is 1. The molecule has 4 heteroatoms. The lowest BCUT2D eigenvalue weighted by Gasteiger charge is -2.52. The summed E-state index contributed by atoms with van der Waals surface area (Å²) in [5, 5.41) is 13.6. The third-order valence-electron chi connectivity index (χ3n) is 6.68. The van der Waals surface area contributed by atoms with Crippen molar-refractivity contribution >= 4 is 5.91 Å². The van der Waals surface area contributed by atoms with E-state index in [4.69, 9.17) is 0 Å². The van der Waals surface area contributed by atoms with E-state index in [0.29, 0.717) is 11.7 Å². The van der Waals surface area contributed by atoms with Crippen molar-refractivity contribution in [1.29, 1.82) is 0 Å². The second-order valence-electron chi connectivity index (χ2n) is 8.07. The van der Waals surface area contributed by atoms with E-state index in [0.717, 1.165) is 44.3 Å². The van der Waals surface area contributed by atoms with E-state index in [1.165, 1.54) is 5.56 Å². The van der Waals surface area contributed by atoms with Gasteiger partial charge in [0.1, 0.15) is 5.75 Å². The maximum Gasteiger partial charge on any atom is 0.253 e. The first kappa shape index (κ1) is 18.1. The first-order chi connectivity index (χ1) is 13.1. The van der Waals surface area contributed by atoms with Crippen LogP contribution in [-0.2, 0) is 5.41 Å². The molecule has 1 saturated carbocycles. The van der Waals surface area contributed by atoms with Crippen molar-refractivity contribution in [3.8, 4) is 5.75 Å². The van der Waals surface area contributed by atoms with Crippen molar-refractivity contribution in [2.24, 2.45) is 5.92 Å². The molecule has 2 aromatic carbocycles. The highest BCUT2D eigenvalue weighted by atomic mass is 16.3. The number of carbonyl (C=O) groups is 1. The number of hydrogen-bond donors (Lipinski definition) is 2. The maximum atomic E-state index is 13.0. The van der Waals surface area contributed by atoms with E-state index in [9.17, 15) is 9.90 Å². The Morgan fingerprint density at radius 2 is 1.96 bits per heavy atom. The Morgan fingerprint density at radius 1 is 1.15 bits per heavy atom. The molecular weight excluding hydrogens is 336 g/mol. The summed E-state index contributed by atoms with van der Waals surface area (Å²) in [6.07, 6.45) is 4.13. The van der Waals surface area contributed by atoms with Crippen LogP contribution in [0.3, 0.4) is 0 Å². The molecule has 1 saturated heterocycles. The predicted molar refractivity (Wildman–Crippen MR) is 107 cm³/mol. The molecule has 0 radical (unpaired) electrons. The van der Waals surface area contributed by atoms with Gasteiger partial charge in [0.05, 0.1) is 0 Å². The summed E-state index contributed by atoms with van der Waals surface area (Å²) in [6.45, 7) is 1.99. The van der Waals surface area contributed by atoms with Crippen LogP contribution in [0.15, 0.2) is 54.6 Å². The summed E-state index contributed by atoms with van der Waals surface area (Å²) in [4.78, 5) is 14.9. The molecule has 2 unspecified atom stereocenters. The van der Waals surface area contributed by atoms with Crippen LogP contribution >= 0.6 is 0 Å². The van der Waals surface area contributed by atoms with Gasteiger partial charge in [0.2, 0.25) is 0 Å². The zero-order valence-electron chi connectivity index (χ0n) is 15.9. The Labute approximate surface area is 161 Å². The molecule has 1 aliphatic heterocycles. The molecule has 1 amide bonds. The summed E-state index contributed by atoms with van der Waals surface area (Å²) in [5.41, 5.74) is 2.00. The molecular formula is C23H28N2O2. The highest BCUT2D eigenvalue weighted by molar-refractivity contribution is 5.94. The van der Waals surface area contributed by atoms with Gasteiger partial charge in [-0.3, -0.25) is 4.79 Å². The second-order valence-corrected chi connectivity index (χ2v) is 8.07. The normalized spacial score (nSPS) is 27.6. The van der Waals surface area contributed by atoms with Crippen molar-refractivity contribution in [2.45, 2.75) is 37.1 Å². The Bertz CT molecular complexity index is 807. The van der Waals surface area contributed by atoms with Crippen LogP contribution in [0.1, 0.15) is 41.6 Å². The molecule has 2 N–H and O–H groups in total. The van der Waals surface area contributed by atoms with E-state index in [2.05, 4.69) is 11.4 Å². The highest BCUT2D eigenvalue weighted by Crippen LogP contribution is 2.49. The number of piperidine rings is 1. The summed E-state index contributed by atoms with van der Waals surface area (Å²) < 4.78 is 0. The van der Waals surface area contributed by atoms with Gasteiger partial charge >= 0.3 is 0 Å². The van der Waals surface area contributed by atoms with Crippen LogP contribution in [-0.4, -0.2) is 42.1 Å². The summed E-state index contributed by atoms with van der Waals surface area (Å²) in [7, 11) is 1.94. The monoisotopic (exact) mass is 364 g/mol. The second kappa shape index (κ2) is 7.35. The molecule has 2 fully saturated rings. The third-order valence-corrected chi connectivity index (χ3v) is 6.68.